The van der Waals surface area contributed by atoms with Crippen molar-refractivity contribution in [1.82, 2.24) is 74.0 Å². The molecule has 1 aliphatic heterocycles. The number of phenols is 1. The maximum absolute atomic E-state index is 15.1. The van der Waals surface area contributed by atoms with Crippen LogP contribution < -0.4 is 126 Å². The molecule has 2 rings (SSSR count). The Labute approximate surface area is 662 Å². The van der Waals surface area contributed by atoms with Gasteiger partial charge in [-0.15, -0.1) is 0 Å². The summed E-state index contributed by atoms with van der Waals surface area (Å²) in [5.74, 6) is -13.1. The first-order chi connectivity index (χ1) is 53.9. The van der Waals surface area contributed by atoms with Crippen LogP contribution in [0.25, 0.3) is 0 Å². The molecule has 642 valence electrons. The molecule has 0 bridgehead atoms. The first-order valence-corrected chi connectivity index (χ1v) is 38.3. The molecule has 17 amide bonds. The van der Waals surface area contributed by atoms with Gasteiger partial charge >= 0.3 is 24.1 Å². The van der Waals surface area contributed by atoms with Gasteiger partial charge in [-0.05, 0) is 158 Å². The van der Waals surface area contributed by atoms with Crippen molar-refractivity contribution in [3.63, 3.8) is 0 Å². The molecule has 1 aliphatic rings. The molecule has 0 aliphatic carbocycles. The number of nitrogens with two attached hydrogens (primary N) is 10. The number of guanidine groups is 2. The predicted octanol–water partition coefficient (Wildman–Crippen LogP) is -7.41. The third-order valence-corrected chi connectivity index (χ3v) is 18.1. The molecule has 44 nitrogen and oxygen atoms in total. The average molecular weight is 1620 g/mol. The molecule has 1 fully saturated rings. The number of amides is 17. The van der Waals surface area contributed by atoms with Crippen LogP contribution in [0.5, 0.6) is 5.75 Å². The summed E-state index contributed by atoms with van der Waals surface area (Å²) in [5, 5.41) is 62.8. The molecule has 0 spiro atoms. The topological polar surface area (TPSA) is 761 Å². The van der Waals surface area contributed by atoms with Crippen molar-refractivity contribution in [3.05, 3.63) is 29.8 Å². The van der Waals surface area contributed by atoms with Crippen molar-refractivity contribution in [2.24, 2.45) is 79.2 Å². The van der Waals surface area contributed by atoms with E-state index in [1.165, 1.54) is 29.2 Å². The Balaban J connectivity index is 2.71. The SMILES string of the molecule is CC(C)C[C@H](NC(=O)[C@H](CCCN=C(N)N)NC(=O)[C@H](CCCNC(N)=O)NC(=O)[C@@H](N)CCCCN)C(=O)N[C@@H](CCCNC(N)=O)C(=O)N[C@@H](Cc1ccc(O)cc1)C(=O)N[C@@H](CCCNC(N)=O)C(=O)N1CCC[C@H]1C(=O)N[C@H](C(=O)N[C@@H](CCCN=C(N)N)C(=O)N[C@@H](CCCCN)C(=O)N[C@@H](CO)C(=O)O)C(C)C. The van der Waals surface area contributed by atoms with Crippen LogP contribution in [-0.4, -0.2) is 253 Å². The second kappa shape index (κ2) is 53.7. The highest BCUT2D eigenvalue weighted by atomic mass is 16.4. The van der Waals surface area contributed by atoms with Crippen LogP contribution in [0.1, 0.15) is 155 Å². The van der Waals surface area contributed by atoms with Crippen molar-refractivity contribution in [1.29, 1.82) is 0 Å². The van der Waals surface area contributed by atoms with Gasteiger partial charge in [0, 0.05) is 45.7 Å². The smallest absolute Gasteiger partial charge is 0.328 e. The largest absolute Gasteiger partial charge is 0.508 e. The highest BCUT2D eigenvalue weighted by Gasteiger charge is 2.42. The van der Waals surface area contributed by atoms with Crippen LogP contribution in [0.2, 0.25) is 0 Å². The fraction of sp³-hybridized carbons (Fsp3) is 0.671. The number of aliphatic hydroxyl groups is 1. The summed E-state index contributed by atoms with van der Waals surface area (Å²) in [6.45, 7) is 5.87. The number of hydrogen-bond acceptors (Lipinski definition) is 22. The first-order valence-electron chi connectivity index (χ1n) is 38.3. The van der Waals surface area contributed by atoms with Crippen molar-refractivity contribution >= 4 is 101 Å². The summed E-state index contributed by atoms with van der Waals surface area (Å²) in [6, 6.07) is -14.5. The fourth-order valence-corrected chi connectivity index (χ4v) is 12.0. The van der Waals surface area contributed by atoms with Gasteiger partial charge in [-0.1, -0.05) is 46.2 Å². The van der Waals surface area contributed by atoms with E-state index in [4.69, 9.17) is 57.3 Å². The van der Waals surface area contributed by atoms with E-state index in [9.17, 15) is 72.9 Å². The molecule has 12 atom stereocenters. The van der Waals surface area contributed by atoms with Crippen molar-refractivity contribution in [2.75, 3.05) is 59.0 Å². The van der Waals surface area contributed by atoms with Gasteiger partial charge in [-0.3, -0.25) is 62.7 Å². The van der Waals surface area contributed by atoms with E-state index in [2.05, 4.69) is 79.1 Å². The number of aliphatic hydroxyl groups excluding tert-OH is 1. The Morgan fingerprint density at radius 1 is 0.456 bits per heavy atom. The number of aliphatic imine (C=N–C) groups is 2. The molecule has 0 unspecified atom stereocenters. The number of nitrogens with zero attached hydrogens (tertiary/aromatic N) is 3. The number of carboxylic acid groups (broad SMARTS) is 1. The van der Waals surface area contributed by atoms with Gasteiger partial charge in [0.05, 0.1) is 12.6 Å². The van der Waals surface area contributed by atoms with Crippen molar-refractivity contribution in [3.8, 4) is 5.75 Å². The standard InChI is InChI=1S/C70H124N26O18/c1-38(2)35-49(92-57(102)45(17-9-29-81-66(74)75)88-55(100)44(19-11-31-83-68(78)112)86-54(99)42(73)15-5-7-27-71)60(105)89-46(20-12-32-84-69(79)113)58(103)93-50(36-40-23-25-41(98)26-24-40)61(106)91-48(21-13-33-85-70(80)114)64(109)96-34-14-22-52(96)62(107)95-53(39(3)4)63(108)90-47(18-10-30-82-67(76)77)56(101)87-43(16-6-8-28-72)59(104)94-51(37-97)65(110)111/h23-26,38-39,42-53,97-98H,5-22,27-37,71-73H2,1-4H3,(H,86,99)(H,87,101)(H,88,100)(H,89,105)(H,90,108)(H,91,106)(H,92,102)(H,93,103)(H,94,104)(H,95,107)(H,110,111)(H4,74,75,81)(H4,76,77,82)(H3,78,83,112)(H3,79,84,113)(H3,80,85,114)/t42-,43-,44-,45-,46-,47-,48-,49-,50-,51-,52-,53-/m0/s1. The summed E-state index contributed by atoms with van der Waals surface area (Å²) >= 11 is 0. The molecule has 1 saturated heterocycles. The molecule has 0 radical (unpaired) electrons. The monoisotopic (exact) mass is 1620 g/mol. The predicted molar refractivity (Wildman–Crippen MR) is 419 cm³/mol. The molecular formula is C70H124N26O18. The third-order valence-electron chi connectivity index (χ3n) is 18.1. The second-order valence-corrected chi connectivity index (χ2v) is 28.4. The van der Waals surface area contributed by atoms with Gasteiger partial charge in [0.2, 0.25) is 65.0 Å². The Bertz CT molecular complexity index is 3360. The molecule has 36 N–H and O–H groups in total. The zero-order valence-electron chi connectivity index (χ0n) is 65.5. The number of phenolic OH excluding ortho intramolecular Hbond substituents is 1. The first kappa shape index (κ1) is 98.9. The summed E-state index contributed by atoms with van der Waals surface area (Å²) in [4.78, 5) is 215. The lowest BCUT2D eigenvalue weighted by atomic mass is 10.00. The van der Waals surface area contributed by atoms with Gasteiger partial charge in [-0.25, -0.2) is 19.2 Å². The van der Waals surface area contributed by atoms with Gasteiger partial charge in [0.1, 0.15) is 72.2 Å². The van der Waals surface area contributed by atoms with Gasteiger partial charge in [0.25, 0.3) is 0 Å². The maximum atomic E-state index is 15.1. The summed E-state index contributed by atoms with van der Waals surface area (Å²) < 4.78 is 0. The number of carboxylic acids is 1. The minimum absolute atomic E-state index is 0.000209. The average Bonchev–Trinajstić information content (AvgIpc) is 1.58. The summed E-state index contributed by atoms with van der Waals surface area (Å²) in [6.07, 6.45) is 1.17. The second-order valence-electron chi connectivity index (χ2n) is 28.4. The Kier molecular flexibility index (Phi) is 46.6. The number of aliphatic carboxylic acids is 1. The molecule has 0 saturated carbocycles. The van der Waals surface area contributed by atoms with Gasteiger partial charge in [0.15, 0.2) is 11.9 Å². The van der Waals surface area contributed by atoms with Crippen LogP contribution in [0.4, 0.5) is 14.4 Å². The molecular weight excluding hydrogens is 1490 g/mol. The number of urea groups is 3. The lowest BCUT2D eigenvalue weighted by Crippen LogP contribution is -2.61. The van der Waals surface area contributed by atoms with E-state index in [-0.39, 0.29) is 172 Å². The Morgan fingerprint density at radius 2 is 0.825 bits per heavy atom. The van der Waals surface area contributed by atoms with E-state index in [1.54, 1.807) is 27.7 Å². The zero-order chi connectivity index (χ0) is 85.6. The lowest BCUT2D eigenvalue weighted by molar-refractivity contribution is -0.143. The highest BCUT2D eigenvalue weighted by Crippen LogP contribution is 2.22. The van der Waals surface area contributed by atoms with E-state index >= 15 is 14.4 Å². The fourth-order valence-electron chi connectivity index (χ4n) is 12.0. The van der Waals surface area contributed by atoms with Crippen LogP contribution in [-0.2, 0) is 64.0 Å². The minimum Gasteiger partial charge on any atom is -0.508 e. The van der Waals surface area contributed by atoms with Crippen LogP contribution in [0.3, 0.4) is 0 Å². The van der Waals surface area contributed by atoms with Crippen molar-refractivity contribution in [2.45, 2.75) is 229 Å². The molecule has 44 heteroatoms. The van der Waals surface area contributed by atoms with E-state index < -0.39 is 174 Å². The normalized spacial score (nSPS) is 15.3. The quantitative estimate of drug-likeness (QED) is 0.0164. The highest BCUT2D eigenvalue weighted by molar-refractivity contribution is 6.00. The Hall–Kier alpha value is -11.1. The molecule has 114 heavy (non-hydrogen) atoms. The van der Waals surface area contributed by atoms with E-state index in [1.807, 2.05) is 0 Å². The van der Waals surface area contributed by atoms with Gasteiger partial charge < -0.3 is 147 Å². The summed E-state index contributed by atoms with van der Waals surface area (Å²) in [5.41, 5.74) is 56.0. The number of likely N-dealkylation sites (tertiary alicyclic amines) is 1. The summed E-state index contributed by atoms with van der Waals surface area (Å²) in [7, 11) is 0. The number of primary amides is 3. The van der Waals surface area contributed by atoms with Crippen LogP contribution in [0.15, 0.2) is 34.3 Å². The van der Waals surface area contributed by atoms with E-state index in [0.29, 0.717) is 37.8 Å². The van der Waals surface area contributed by atoms with Crippen LogP contribution in [0, 0.1) is 11.8 Å². The number of hydrogen-bond donors (Lipinski definition) is 26. The maximum Gasteiger partial charge on any atom is 0.328 e. The van der Waals surface area contributed by atoms with Crippen LogP contribution >= 0.6 is 0 Å². The van der Waals surface area contributed by atoms with Crippen molar-refractivity contribution < 1.29 is 87.2 Å². The lowest BCUT2D eigenvalue weighted by Gasteiger charge is -2.32. The molecule has 1 heterocycles. The number of carbonyl (C=O) groups excluding carboxylic acids is 14. The van der Waals surface area contributed by atoms with Gasteiger partial charge in [-0.2, -0.15) is 0 Å². The number of carbonyl (C=O) groups is 15. The Morgan fingerprint density at radius 3 is 1.24 bits per heavy atom. The van der Waals surface area contributed by atoms with E-state index in [0.717, 1.165) is 0 Å². The number of benzene rings is 1. The zero-order valence-corrected chi connectivity index (χ0v) is 65.5. The number of aromatic hydroxyl groups is 1. The molecule has 1 aromatic rings. The molecule has 0 aromatic heterocycles. The number of nitrogens with one attached hydrogen (secondary N) is 13. The molecule has 1 aromatic carbocycles. The third kappa shape index (κ3) is 39.4. The number of unbranched alkanes of at least 4 members (excludes halogenated alkanes) is 2. The minimum atomic E-state index is -1.72. The number of rotatable bonds is 56.